The Hall–Kier alpha value is -3.61. The summed E-state index contributed by atoms with van der Waals surface area (Å²) in [6.45, 7) is 17.0. The van der Waals surface area contributed by atoms with Crippen molar-refractivity contribution in [3.63, 3.8) is 0 Å². The first-order chi connectivity index (χ1) is 19.1. The van der Waals surface area contributed by atoms with Gasteiger partial charge in [0.05, 0.1) is 12.8 Å². The van der Waals surface area contributed by atoms with Crippen molar-refractivity contribution in [1.82, 2.24) is 4.31 Å². The highest BCUT2D eigenvalue weighted by Gasteiger charge is 2.27. The molecule has 1 saturated heterocycles. The van der Waals surface area contributed by atoms with Crippen molar-refractivity contribution in [3.05, 3.63) is 115 Å². The van der Waals surface area contributed by atoms with Crippen LogP contribution in [-0.2, 0) is 0 Å². The molecule has 0 N–H and O–H groups in total. The molecule has 1 unspecified atom stereocenters. The molecule has 0 bridgehead atoms. The van der Waals surface area contributed by atoms with E-state index >= 15 is 0 Å². The van der Waals surface area contributed by atoms with E-state index < -0.39 is 0 Å². The summed E-state index contributed by atoms with van der Waals surface area (Å²) in [5.41, 5.74) is 3.25. The minimum Gasteiger partial charge on any atom is -0.495 e. The Morgan fingerprint density at radius 1 is 0.923 bits per heavy atom. The van der Waals surface area contributed by atoms with Crippen LogP contribution in [0.4, 0.5) is 5.69 Å². The number of ether oxygens (including phenoxy) is 3. The van der Waals surface area contributed by atoms with E-state index in [0.29, 0.717) is 0 Å². The van der Waals surface area contributed by atoms with Crippen molar-refractivity contribution in [3.8, 4) is 17.2 Å². The van der Waals surface area contributed by atoms with Gasteiger partial charge in [0, 0.05) is 36.6 Å². The summed E-state index contributed by atoms with van der Waals surface area (Å²) in [6.07, 6.45) is 5.13. The van der Waals surface area contributed by atoms with Crippen molar-refractivity contribution in [1.29, 1.82) is 0 Å². The van der Waals surface area contributed by atoms with Gasteiger partial charge < -0.3 is 19.1 Å². The van der Waals surface area contributed by atoms with Crippen molar-refractivity contribution in [2.45, 2.75) is 32.0 Å². The summed E-state index contributed by atoms with van der Waals surface area (Å²) < 4.78 is 19.9. The van der Waals surface area contributed by atoms with Gasteiger partial charge in [0.1, 0.15) is 5.75 Å². The Labute approximate surface area is 238 Å². The minimum atomic E-state index is -0.370. The minimum absolute atomic E-state index is 0.370. The maximum Gasteiger partial charge on any atom is 0.267 e. The largest absolute Gasteiger partial charge is 0.495 e. The van der Waals surface area contributed by atoms with Gasteiger partial charge >= 0.3 is 0 Å². The van der Waals surface area contributed by atoms with Gasteiger partial charge in [-0.05, 0) is 49.2 Å². The molecule has 3 aromatic carbocycles. The molecule has 6 heteroatoms. The lowest BCUT2D eigenvalue weighted by atomic mass is 10.2. The lowest BCUT2D eigenvalue weighted by Gasteiger charge is -2.35. The Balaban J connectivity index is 0.000000409. The van der Waals surface area contributed by atoms with Crippen LogP contribution < -0.4 is 19.1 Å². The Morgan fingerprint density at radius 3 is 2.23 bits per heavy atom. The second kappa shape index (κ2) is 15.7. The van der Waals surface area contributed by atoms with Crippen LogP contribution in [0.2, 0.25) is 0 Å². The fourth-order valence-electron chi connectivity index (χ4n) is 4.03. The Morgan fingerprint density at radius 2 is 1.59 bits per heavy atom. The molecular formula is C33H40N2O3S. The number of para-hydroxylation sites is 2. The number of hydrogen-bond acceptors (Lipinski definition) is 6. The molecule has 0 spiro atoms. The number of rotatable bonds is 7. The number of fused-ring (bicyclic) bond motifs is 1. The fraction of sp³-hybridized carbons (Fsp3) is 0.273. The van der Waals surface area contributed by atoms with Gasteiger partial charge in [0.2, 0.25) is 0 Å². The summed E-state index contributed by atoms with van der Waals surface area (Å²) in [6, 6.07) is 24.4. The molecule has 5 rings (SSSR count). The van der Waals surface area contributed by atoms with Crippen LogP contribution in [0.15, 0.2) is 115 Å². The van der Waals surface area contributed by atoms with Crippen LogP contribution >= 0.6 is 11.9 Å². The number of anilines is 1. The smallest absolute Gasteiger partial charge is 0.267 e. The molecule has 206 valence electrons. The fourth-order valence-corrected chi connectivity index (χ4v) is 4.96. The van der Waals surface area contributed by atoms with Gasteiger partial charge in [-0.1, -0.05) is 93.3 Å². The zero-order valence-corrected chi connectivity index (χ0v) is 24.3. The number of nitrogens with zero attached hydrogens (tertiary/aromatic N) is 2. The van der Waals surface area contributed by atoms with Crippen molar-refractivity contribution >= 4 is 17.6 Å². The molecule has 0 radical (unpaired) electrons. The molecule has 0 aromatic heterocycles. The van der Waals surface area contributed by atoms with Gasteiger partial charge in [-0.25, -0.2) is 4.31 Å². The van der Waals surface area contributed by atoms with Crippen LogP contribution in [0.3, 0.4) is 0 Å². The van der Waals surface area contributed by atoms with E-state index in [-0.39, 0.29) is 6.29 Å². The number of allylic oxidation sites excluding steroid dienone is 4. The molecule has 0 aliphatic carbocycles. The third-order valence-electron chi connectivity index (χ3n) is 5.87. The molecule has 39 heavy (non-hydrogen) atoms. The van der Waals surface area contributed by atoms with Gasteiger partial charge in [-0.3, -0.25) is 0 Å². The maximum absolute atomic E-state index is 6.05. The average Bonchev–Trinajstić information content (AvgIpc) is 3.42. The SMILES string of the molecule is C=C/C=C\C(=C)C.CC.COc1ccccc1N1CCN(Sc2ccc3c(c2)OC(c2ccccc2)O3)CC1. The van der Waals surface area contributed by atoms with Gasteiger partial charge in [-0.2, -0.15) is 0 Å². The molecule has 2 heterocycles. The predicted molar refractivity (Wildman–Crippen MR) is 165 cm³/mol. The van der Waals surface area contributed by atoms with Crippen molar-refractivity contribution < 1.29 is 14.2 Å². The van der Waals surface area contributed by atoms with Crippen LogP contribution in [0.1, 0.15) is 32.6 Å². The van der Waals surface area contributed by atoms with E-state index in [1.165, 1.54) is 5.69 Å². The van der Waals surface area contributed by atoms with Crippen LogP contribution in [0.25, 0.3) is 0 Å². The van der Waals surface area contributed by atoms with Crippen LogP contribution in [0, 0.1) is 0 Å². The number of methoxy groups -OCH3 is 1. The first kappa shape index (κ1) is 29.9. The quantitative estimate of drug-likeness (QED) is 0.220. The van der Waals surface area contributed by atoms with Gasteiger partial charge in [-0.15, -0.1) is 0 Å². The zero-order valence-electron chi connectivity index (χ0n) is 23.5. The van der Waals surface area contributed by atoms with Crippen molar-refractivity contribution in [2.24, 2.45) is 0 Å². The first-order valence-electron chi connectivity index (χ1n) is 13.3. The summed E-state index contributed by atoms with van der Waals surface area (Å²) in [5, 5.41) is 0. The normalized spacial score (nSPS) is 16.0. The third-order valence-corrected chi connectivity index (χ3v) is 6.96. The molecule has 0 amide bonds. The molecule has 2 aliphatic rings. The number of benzene rings is 3. The lowest BCUT2D eigenvalue weighted by molar-refractivity contribution is 0.0487. The monoisotopic (exact) mass is 544 g/mol. The summed E-state index contributed by atoms with van der Waals surface area (Å²) in [5.74, 6) is 2.54. The highest BCUT2D eigenvalue weighted by Crippen LogP contribution is 2.43. The summed E-state index contributed by atoms with van der Waals surface area (Å²) in [4.78, 5) is 3.55. The van der Waals surface area contributed by atoms with Gasteiger partial charge in [0.25, 0.3) is 6.29 Å². The molecular weight excluding hydrogens is 504 g/mol. The molecule has 2 aliphatic heterocycles. The maximum atomic E-state index is 6.05. The summed E-state index contributed by atoms with van der Waals surface area (Å²) >= 11 is 1.77. The Kier molecular flexibility index (Phi) is 12.1. The van der Waals surface area contributed by atoms with E-state index in [2.05, 4.69) is 46.6 Å². The number of hydrogen-bond donors (Lipinski definition) is 0. The highest BCUT2D eigenvalue weighted by atomic mass is 32.2. The first-order valence-corrected chi connectivity index (χ1v) is 14.1. The highest BCUT2D eigenvalue weighted by molar-refractivity contribution is 7.97. The zero-order chi connectivity index (χ0) is 28.0. The average molecular weight is 545 g/mol. The summed E-state index contributed by atoms with van der Waals surface area (Å²) in [7, 11) is 1.73. The van der Waals surface area contributed by atoms with Gasteiger partial charge in [0.15, 0.2) is 11.5 Å². The predicted octanol–water partition coefficient (Wildman–Crippen LogP) is 8.33. The molecule has 5 nitrogen and oxygen atoms in total. The van der Waals surface area contributed by atoms with E-state index in [1.54, 1.807) is 25.1 Å². The molecule has 1 atom stereocenters. The van der Waals surface area contributed by atoms with E-state index in [0.717, 1.165) is 59.5 Å². The van der Waals surface area contributed by atoms with Crippen molar-refractivity contribution in [2.75, 3.05) is 38.2 Å². The van der Waals surface area contributed by atoms with E-state index in [4.69, 9.17) is 14.2 Å². The lowest BCUT2D eigenvalue weighted by Crippen LogP contribution is -2.43. The number of piperazine rings is 1. The molecule has 3 aromatic rings. The second-order valence-corrected chi connectivity index (χ2v) is 9.88. The van der Waals surface area contributed by atoms with E-state index in [9.17, 15) is 0 Å². The van der Waals surface area contributed by atoms with E-state index in [1.807, 2.05) is 81.5 Å². The van der Waals surface area contributed by atoms with Crippen LogP contribution in [-0.4, -0.2) is 37.6 Å². The third kappa shape index (κ3) is 8.70. The van der Waals surface area contributed by atoms with Crippen LogP contribution in [0.5, 0.6) is 17.2 Å². The standard InChI is InChI=1S/C24H24N2O3S.C7H10.C2H6/c1-27-21-10-6-5-9-20(21)25-13-15-26(16-14-25)30-19-11-12-22-23(17-19)29-24(28-22)18-7-3-2-4-8-18;1-4-5-6-7(2)3;1-2/h2-12,17,24H,13-16H2,1H3;4-6H,1-2H2,3H3;1-2H3/b;6-5-;. The topological polar surface area (TPSA) is 34.2 Å². The molecule has 1 fully saturated rings. The second-order valence-electron chi connectivity index (χ2n) is 8.71. The Bertz CT molecular complexity index is 1220. The molecule has 0 saturated carbocycles.